The molecule has 0 aliphatic carbocycles. The Morgan fingerprint density at radius 2 is 1.52 bits per heavy atom. The summed E-state index contributed by atoms with van der Waals surface area (Å²) in [6.45, 7) is 4.69. The van der Waals surface area contributed by atoms with Crippen LogP contribution in [0.4, 0.5) is 0 Å². The molecular formula is C19H21N3O5. The minimum atomic E-state index is -1.90. The lowest BCUT2D eigenvalue weighted by atomic mass is 9.86. The van der Waals surface area contributed by atoms with Crippen LogP contribution in [0.1, 0.15) is 32.2 Å². The number of carbonyl (C=O) groups excluding carboxylic acids is 3. The molecule has 0 spiro atoms. The Bertz CT molecular complexity index is 893. The average molecular weight is 371 g/mol. The maximum atomic E-state index is 12.9. The molecule has 142 valence electrons. The fraction of sp³-hybridized carbons (Fsp3) is 0.421. The van der Waals surface area contributed by atoms with Crippen LogP contribution in [0.5, 0.6) is 0 Å². The lowest BCUT2D eigenvalue weighted by Crippen LogP contribution is -2.65. The molecular weight excluding hydrogens is 350 g/mol. The van der Waals surface area contributed by atoms with E-state index in [0.717, 1.165) is 0 Å². The number of nitrogens with zero attached hydrogens (tertiary/aromatic N) is 3. The van der Waals surface area contributed by atoms with Crippen LogP contribution in [-0.4, -0.2) is 51.5 Å². The molecule has 0 fully saturated rings. The van der Waals surface area contributed by atoms with E-state index in [-0.39, 0.29) is 26.2 Å². The number of carbonyl (C=O) groups is 3. The first-order valence-electron chi connectivity index (χ1n) is 8.81. The van der Waals surface area contributed by atoms with Gasteiger partial charge in [0.25, 0.3) is 0 Å². The van der Waals surface area contributed by atoms with Gasteiger partial charge in [-0.1, -0.05) is 12.1 Å². The van der Waals surface area contributed by atoms with Gasteiger partial charge in [0.1, 0.15) is 0 Å². The van der Waals surface area contributed by atoms with Crippen LogP contribution in [0.25, 0.3) is 11.0 Å². The molecule has 1 amide bonds. The number of para-hydroxylation sites is 2. The highest BCUT2D eigenvalue weighted by atomic mass is 16.6. The van der Waals surface area contributed by atoms with E-state index in [2.05, 4.69) is 9.97 Å². The zero-order valence-electron chi connectivity index (χ0n) is 15.5. The van der Waals surface area contributed by atoms with Crippen LogP contribution in [-0.2, 0) is 36.8 Å². The maximum absolute atomic E-state index is 12.9. The number of aromatic nitrogens is 2. The number of rotatable bonds is 4. The normalized spacial score (nSPS) is 15.1. The Morgan fingerprint density at radius 3 is 2.00 bits per heavy atom. The molecule has 2 aromatic rings. The Balaban J connectivity index is 2.19. The number of hydrogen-bond acceptors (Lipinski definition) is 7. The van der Waals surface area contributed by atoms with Crippen molar-refractivity contribution in [1.82, 2.24) is 14.9 Å². The summed E-state index contributed by atoms with van der Waals surface area (Å²) in [6, 6.07) is 7.30. The number of ether oxygens (including phenoxy) is 2. The third-order valence-corrected chi connectivity index (χ3v) is 4.52. The van der Waals surface area contributed by atoms with Gasteiger partial charge in [0, 0.05) is 13.3 Å². The quantitative estimate of drug-likeness (QED) is 0.592. The number of amides is 1. The molecule has 0 saturated carbocycles. The summed E-state index contributed by atoms with van der Waals surface area (Å²) in [5, 5.41) is 0. The fourth-order valence-electron chi connectivity index (χ4n) is 3.29. The zero-order valence-corrected chi connectivity index (χ0v) is 15.5. The first kappa shape index (κ1) is 18.8. The number of hydrogen-bond donors (Lipinski definition) is 0. The summed E-state index contributed by atoms with van der Waals surface area (Å²) >= 11 is 0. The highest BCUT2D eigenvalue weighted by Gasteiger charge is 2.58. The Kier molecular flexibility index (Phi) is 5.07. The summed E-state index contributed by atoms with van der Waals surface area (Å²) in [4.78, 5) is 48.4. The highest BCUT2D eigenvalue weighted by Crippen LogP contribution is 2.33. The molecule has 2 heterocycles. The molecule has 8 heteroatoms. The summed E-state index contributed by atoms with van der Waals surface area (Å²) in [5.74, 6) is -2.09. The van der Waals surface area contributed by atoms with Gasteiger partial charge in [-0.2, -0.15) is 0 Å². The molecule has 0 bridgehead atoms. The van der Waals surface area contributed by atoms with Crippen LogP contribution in [0.2, 0.25) is 0 Å². The maximum Gasteiger partial charge on any atom is 0.344 e. The SMILES string of the molecule is CCOC(=O)C1(C(=O)OCC)Cc2nc3ccccc3nc2CN1C(C)=O. The van der Waals surface area contributed by atoms with E-state index >= 15 is 0 Å². The summed E-state index contributed by atoms with van der Waals surface area (Å²) in [7, 11) is 0. The van der Waals surface area contributed by atoms with Gasteiger partial charge in [-0.15, -0.1) is 0 Å². The van der Waals surface area contributed by atoms with Crippen molar-refractivity contribution in [2.75, 3.05) is 13.2 Å². The van der Waals surface area contributed by atoms with E-state index in [1.165, 1.54) is 11.8 Å². The van der Waals surface area contributed by atoms with Gasteiger partial charge in [0.15, 0.2) is 0 Å². The fourth-order valence-corrected chi connectivity index (χ4v) is 3.29. The van der Waals surface area contributed by atoms with Crippen LogP contribution in [0.15, 0.2) is 24.3 Å². The minimum absolute atomic E-state index is 0.0276. The third kappa shape index (κ3) is 3.11. The highest BCUT2D eigenvalue weighted by molar-refractivity contribution is 6.08. The van der Waals surface area contributed by atoms with Gasteiger partial charge in [-0.05, 0) is 26.0 Å². The van der Waals surface area contributed by atoms with Crippen molar-refractivity contribution in [1.29, 1.82) is 0 Å². The first-order valence-corrected chi connectivity index (χ1v) is 8.81. The molecule has 0 N–H and O–H groups in total. The van der Waals surface area contributed by atoms with Crippen molar-refractivity contribution in [3.05, 3.63) is 35.7 Å². The second-order valence-corrected chi connectivity index (χ2v) is 6.19. The van der Waals surface area contributed by atoms with E-state index < -0.39 is 23.4 Å². The van der Waals surface area contributed by atoms with Crippen molar-refractivity contribution in [3.63, 3.8) is 0 Å². The first-order chi connectivity index (χ1) is 12.9. The molecule has 0 atom stereocenters. The van der Waals surface area contributed by atoms with Crippen molar-refractivity contribution in [2.24, 2.45) is 0 Å². The van der Waals surface area contributed by atoms with Crippen molar-refractivity contribution >= 4 is 28.9 Å². The molecule has 0 radical (unpaired) electrons. The van der Waals surface area contributed by atoms with Crippen molar-refractivity contribution in [3.8, 4) is 0 Å². The minimum Gasteiger partial charge on any atom is -0.464 e. The predicted molar refractivity (Wildman–Crippen MR) is 95.5 cm³/mol. The van der Waals surface area contributed by atoms with Gasteiger partial charge in [-0.25, -0.2) is 19.6 Å². The monoisotopic (exact) mass is 371 g/mol. The second kappa shape index (κ2) is 7.30. The number of fused-ring (bicyclic) bond motifs is 2. The molecule has 8 nitrogen and oxygen atoms in total. The smallest absolute Gasteiger partial charge is 0.344 e. The molecule has 1 aromatic heterocycles. The Labute approximate surface area is 156 Å². The Morgan fingerprint density at radius 1 is 1.00 bits per heavy atom. The van der Waals surface area contributed by atoms with Crippen LogP contribution < -0.4 is 0 Å². The number of benzene rings is 1. The Hall–Kier alpha value is -3.03. The third-order valence-electron chi connectivity index (χ3n) is 4.52. The van der Waals surface area contributed by atoms with Gasteiger partial charge >= 0.3 is 11.9 Å². The van der Waals surface area contributed by atoms with E-state index in [1.807, 2.05) is 18.2 Å². The molecule has 1 aliphatic heterocycles. The lowest BCUT2D eigenvalue weighted by Gasteiger charge is -2.42. The second-order valence-electron chi connectivity index (χ2n) is 6.19. The van der Waals surface area contributed by atoms with Gasteiger partial charge in [-0.3, -0.25) is 4.79 Å². The van der Waals surface area contributed by atoms with E-state index in [9.17, 15) is 14.4 Å². The summed E-state index contributed by atoms with van der Waals surface area (Å²) in [5.41, 5.74) is 0.455. The molecule has 1 aromatic carbocycles. The summed E-state index contributed by atoms with van der Waals surface area (Å²) in [6.07, 6.45) is -0.141. The zero-order chi connectivity index (χ0) is 19.6. The van der Waals surface area contributed by atoms with Crippen LogP contribution >= 0.6 is 0 Å². The van der Waals surface area contributed by atoms with E-state index in [1.54, 1.807) is 19.9 Å². The lowest BCUT2D eigenvalue weighted by molar-refractivity contribution is -0.180. The van der Waals surface area contributed by atoms with Gasteiger partial charge in [0.05, 0.1) is 42.2 Å². The topological polar surface area (TPSA) is 98.7 Å². The van der Waals surface area contributed by atoms with Gasteiger partial charge < -0.3 is 14.4 Å². The van der Waals surface area contributed by atoms with E-state index in [0.29, 0.717) is 22.4 Å². The standard InChI is InChI=1S/C19H21N3O5/c1-4-26-17(24)19(18(25)27-5-2)10-15-16(11-22(19)12(3)23)21-14-9-7-6-8-13(14)20-15/h6-9H,4-5,10-11H2,1-3H3. The molecule has 27 heavy (non-hydrogen) atoms. The predicted octanol–water partition coefficient (Wildman–Crippen LogP) is 1.40. The average Bonchev–Trinajstić information content (AvgIpc) is 2.65. The number of esters is 2. The van der Waals surface area contributed by atoms with Crippen LogP contribution in [0.3, 0.4) is 0 Å². The van der Waals surface area contributed by atoms with Crippen molar-refractivity contribution in [2.45, 2.75) is 39.3 Å². The molecule has 3 rings (SSSR count). The van der Waals surface area contributed by atoms with Gasteiger partial charge in [0.2, 0.25) is 11.4 Å². The largest absolute Gasteiger partial charge is 0.464 e. The van der Waals surface area contributed by atoms with Crippen LogP contribution in [0, 0.1) is 0 Å². The molecule has 1 aliphatic rings. The molecule has 0 saturated heterocycles. The molecule has 0 unspecified atom stereocenters. The van der Waals surface area contributed by atoms with E-state index in [4.69, 9.17) is 9.47 Å². The summed E-state index contributed by atoms with van der Waals surface area (Å²) < 4.78 is 10.3. The van der Waals surface area contributed by atoms with Crippen molar-refractivity contribution < 1.29 is 23.9 Å².